The van der Waals surface area contributed by atoms with Crippen LogP contribution in [0.25, 0.3) is 0 Å². The van der Waals surface area contributed by atoms with Crippen LogP contribution in [0.1, 0.15) is 13.8 Å². The van der Waals surface area contributed by atoms with Crippen LogP contribution in [0.4, 0.5) is 5.69 Å². The first-order valence-electron chi connectivity index (χ1n) is 7.43. The molecule has 5 nitrogen and oxygen atoms in total. The number of nitrogens with zero attached hydrogens (tertiary/aromatic N) is 1. The topological polar surface area (TPSA) is 51.2 Å². The molecule has 21 heavy (non-hydrogen) atoms. The van der Waals surface area contributed by atoms with Gasteiger partial charge in [0.25, 0.3) is 0 Å². The van der Waals surface area contributed by atoms with Gasteiger partial charge in [-0.2, -0.15) is 0 Å². The molecule has 114 valence electrons. The van der Waals surface area contributed by atoms with Crippen molar-refractivity contribution in [3.8, 4) is 5.75 Å². The van der Waals surface area contributed by atoms with Crippen LogP contribution < -0.4 is 10.4 Å². The average molecular weight is 291 g/mol. The van der Waals surface area contributed by atoms with E-state index in [0.717, 1.165) is 37.5 Å². The molecule has 3 rings (SSSR count). The fraction of sp³-hybridized carbons (Fsp3) is 0.600. The molecule has 0 radical (unpaired) electrons. The summed E-state index contributed by atoms with van der Waals surface area (Å²) in [7, 11) is -0.398. The van der Waals surface area contributed by atoms with E-state index in [-0.39, 0.29) is 11.2 Å². The van der Waals surface area contributed by atoms with Gasteiger partial charge in [-0.3, -0.25) is 0 Å². The molecular formula is C15H22BNO4. The Bertz CT molecular complexity index is 492. The number of ether oxygens (including phenoxy) is 1. The minimum Gasteiger partial charge on any atom is -0.508 e. The van der Waals surface area contributed by atoms with E-state index in [2.05, 4.69) is 18.7 Å². The van der Waals surface area contributed by atoms with E-state index in [9.17, 15) is 5.11 Å². The molecule has 1 N–H and O–H groups in total. The maximum atomic E-state index is 9.99. The predicted molar refractivity (Wildman–Crippen MR) is 82.2 cm³/mol. The van der Waals surface area contributed by atoms with Crippen LogP contribution in [0.15, 0.2) is 18.2 Å². The Morgan fingerprint density at radius 1 is 1.10 bits per heavy atom. The van der Waals surface area contributed by atoms with E-state index >= 15 is 0 Å². The van der Waals surface area contributed by atoms with Gasteiger partial charge in [0, 0.05) is 43.5 Å². The van der Waals surface area contributed by atoms with Crippen LogP contribution in [-0.4, -0.2) is 51.7 Å². The molecule has 0 saturated carbocycles. The lowest BCUT2D eigenvalue weighted by Crippen LogP contribution is -2.47. The highest BCUT2D eigenvalue weighted by atomic mass is 16.6. The number of aromatic hydroxyl groups is 1. The van der Waals surface area contributed by atoms with Gasteiger partial charge in [-0.05, 0) is 17.6 Å². The lowest BCUT2D eigenvalue weighted by atomic mass is 9.75. The first-order valence-corrected chi connectivity index (χ1v) is 7.43. The number of hydrogen-bond acceptors (Lipinski definition) is 5. The van der Waals surface area contributed by atoms with E-state index in [1.54, 1.807) is 12.1 Å². The largest absolute Gasteiger partial charge is 0.508 e. The van der Waals surface area contributed by atoms with Crippen molar-refractivity contribution in [3.05, 3.63) is 18.2 Å². The Balaban J connectivity index is 1.78. The third kappa shape index (κ3) is 3.51. The van der Waals surface area contributed by atoms with Crippen LogP contribution in [0, 0.1) is 5.41 Å². The van der Waals surface area contributed by atoms with Gasteiger partial charge in [0.15, 0.2) is 0 Å². The summed E-state index contributed by atoms with van der Waals surface area (Å²) in [5.41, 5.74) is 1.90. The first-order chi connectivity index (χ1) is 10.0. The molecular weight excluding hydrogens is 269 g/mol. The smallest absolute Gasteiger partial charge is 0.494 e. The summed E-state index contributed by atoms with van der Waals surface area (Å²) in [6.45, 7) is 8.64. The van der Waals surface area contributed by atoms with Gasteiger partial charge in [-0.25, -0.2) is 0 Å². The number of rotatable bonds is 2. The number of anilines is 1. The summed E-state index contributed by atoms with van der Waals surface area (Å²) >= 11 is 0. The van der Waals surface area contributed by atoms with Gasteiger partial charge in [-0.1, -0.05) is 13.8 Å². The Morgan fingerprint density at radius 2 is 1.76 bits per heavy atom. The third-order valence-electron chi connectivity index (χ3n) is 3.82. The monoisotopic (exact) mass is 291 g/mol. The second kappa shape index (κ2) is 5.87. The zero-order chi connectivity index (χ0) is 14.9. The maximum Gasteiger partial charge on any atom is 0.494 e. The van der Waals surface area contributed by atoms with Crippen molar-refractivity contribution in [2.75, 3.05) is 44.4 Å². The van der Waals surface area contributed by atoms with E-state index in [0.29, 0.717) is 13.2 Å². The number of hydrogen-bond donors (Lipinski definition) is 1. The van der Waals surface area contributed by atoms with Gasteiger partial charge in [0.2, 0.25) is 0 Å². The molecule has 0 atom stereocenters. The molecule has 2 aliphatic rings. The molecule has 2 heterocycles. The van der Waals surface area contributed by atoms with Crippen molar-refractivity contribution >= 4 is 18.3 Å². The third-order valence-corrected chi connectivity index (χ3v) is 3.82. The van der Waals surface area contributed by atoms with E-state index < -0.39 is 7.12 Å². The average Bonchev–Trinajstić information content (AvgIpc) is 2.47. The Morgan fingerprint density at radius 3 is 2.43 bits per heavy atom. The summed E-state index contributed by atoms with van der Waals surface area (Å²) in [5.74, 6) is 0.242. The molecule has 0 unspecified atom stereocenters. The summed E-state index contributed by atoms with van der Waals surface area (Å²) in [5, 5.41) is 9.99. The Hall–Kier alpha value is -1.24. The minimum atomic E-state index is -0.398. The molecule has 0 spiro atoms. The molecule has 1 aromatic carbocycles. The number of morpholine rings is 1. The van der Waals surface area contributed by atoms with Crippen molar-refractivity contribution in [2.24, 2.45) is 5.41 Å². The molecule has 0 amide bonds. The molecule has 0 aliphatic carbocycles. The van der Waals surface area contributed by atoms with Crippen molar-refractivity contribution < 1.29 is 19.2 Å². The highest BCUT2D eigenvalue weighted by Gasteiger charge is 2.34. The van der Waals surface area contributed by atoms with Crippen LogP contribution in [-0.2, 0) is 14.0 Å². The summed E-state index contributed by atoms with van der Waals surface area (Å²) in [4.78, 5) is 2.21. The Labute approximate surface area is 125 Å². The SMILES string of the molecule is CC1(C)COB(c2cc(O)cc(N3CCOCC3)c2)OC1. The standard InChI is InChI=1S/C15H22BNO4/c1-15(2)10-20-16(21-11-15)12-7-13(9-14(18)8-12)17-3-5-19-6-4-17/h7-9,18H,3-6,10-11H2,1-2H3. The van der Waals surface area contributed by atoms with Crippen molar-refractivity contribution in [1.82, 2.24) is 0 Å². The molecule has 2 aliphatic heterocycles. The van der Waals surface area contributed by atoms with Crippen LogP contribution in [0.3, 0.4) is 0 Å². The molecule has 1 aromatic rings. The van der Waals surface area contributed by atoms with Gasteiger partial charge in [-0.15, -0.1) is 0 Å². The van der Waals surface area contributed by atoms with Gasteiger partial charge < -0.3 is 24.1 Å². The van der Waals surface area contributed by atoms with E-state index in [1.165, 1.54) is 0 Å². The minimum absolute atomic E-state index is 0.0420. The Kier molecular flexibility index (Phi) is 4.11. The fourth-order valence-electron chi connectivity index (χ4n) is 2.64. The number of phenolic OH excluding ortho intramolecular Hbond substituents is 1. The maximum absolute atomic E-state index is 9.99. The van der Waals surface area contributed by atoms with E-state index in [4.69, 9.17) is 14.0 Å². The van der Waals surface area contributed by atoms with Crippen LogP contribution in [0.5, 0.6) is 5.75 Å². The number of benzene rings is 1. The second-order valence-corrected chi connectivity index (χ2v) is 6.50. The highest BCUT2D eigenvalue weighted by Crippen LogP contribution is 2.24. The van der Waals surface area contributed by atoms with Gasteiger partial charge >= 0.3 is 7.12 Å². The lowest BCUT2D eigenvalue weighted by molar-refractivity contribution is 0.0343. The predicted octanol–water partition coefficient (Wildman–Crippen LogP) is 0.997. The van der Waals surface area contributed by atoms with Crippen molar-refractivity contribution in [3.63, 3.8) is 0 Å². The molecule has 0 bridgehead atoms. The number of phenols is 1. The van der Waals surface area contributed by atoms with Gasteiger partial charge in [0.05, 0.1) is 13.2 Å². The van der Waals surface area contributed by atoms with Gasteiger partial charge in [0.1, 0.15) is 5.75 Å². The quantitative estimate of drug-likeness (QED) is 0.824. The first kappa shape index (κ1) is 14.7. The highest BCUT2D eigenvalue weighted by molar-refractivity contribution is 6.61. The molecule has 0 aromatic heterocycles. The van der Waals surface area contributed by atoms with Crippen molar-refractivity contribution in [2.45, 2.75) is 13.8 Å². The molecule has 2 saturated heterocycles. The summed E-state index contributed by atoms with van der Waals surface area (Å²) in [6, 6.07) is 5.53. The summed E-state index contributed by atoms with van der Waals surface area (Å²) in [6.07, 6.45) is 0. The summed E-state index contributed by atoms with van der Waals surface area (Å²) < 4.78 is 17.0. The van der Waals surface area contributed by atoms with E-state index in [1.807, 2.05) is 6.07 Å². The van der Waals surface area contributed by atoms with Crippen LogP contribution >= 0.6 is 0 Å². The zero-order valence-electron chi connectivity index (χ0n) is 12.7. The van der Waals surface area contributed by atoms with Crippen LogP contribution in [0.2, 0.25) is 0 Å². The second-order valence-electron chi connectivity index (χ2n) is 6.50. The normalized spacial score (nSPS) is 22.4. The zero-order valence-corrected chi connectivity index (χ0v) is 12.7. The molecule has 6 heteroatoms. The van der Waals surface area contributed by atoms with Crippen molar-refractivity contribution in [1.29, 1.82) is 0 Å². The molecule has 2 fully saturated rings. The fourth-order valence-corrected chi connectivity index (χ4v) is 2.64. The lowest BCUT2D eigenvalue weighted by Gasteiger charge is -2.34.